The molecular formula is C21H23FN4OS. The number of benzene rings is 2. The first-order valence-corrected chi connectivity index (χ1v) is 10.1. The van der Waals surface area contributed by atoms with Crippen LogP contribution in [0.3, 0.4) is 0 Å². The SMILES string of the molecule is CCc1ccc([C@@H](C)NC(=O)CSc2nnc(-c3ccc(F)cc3)n2C)cc1. The van der Waals surface area contributed by atoms with E-state index in [2.05, 4.69) is 46.7 Å². The predicted molar refractivity (Wildman–Crippen MR) is 109 cm³/mol. The molecule has 1 N–H and O–H groups in total. The molecule has 7 heteroatoms. The van der Waals surface area contributed by atoms with Crippen LogP contribution in [0, 0.1) is 5.82 Å². The van der Waals surface area contributed by atoms with Crippen molar-refractivity contribution in [3.63, 3.8) is 0 Å². The van der Waals surface area contributed by atoms with Gasteiger partial charge in [0.05, 0.1) is 11.8 Å². The zero-order valence-corrected chi connectivity index (χ0v) is 17.0. The van der Waals surface area contributed by atoms with Crippen LogP contribution in [0.15, 0.2) is 53.7 Å². The molecule has 3 aromatic rings. The second-order valence-electron chi connectivity index (χ2n) is 6.55. The quantitative estimate of drug-likeness (QED) is 0.608. The molecule has 1 amide bonds. The molecule has 0 aliphatic heterocycles. The molecule has 0 spiro atoms. The fraction of sp³-hybridized carbons (Fsp3) is 0.286. The Balaban J connectivity index is 1.57. The summed E-state index contributed by atoms with van der Waals surface area (Å²) in [6, 6.07) is 14.3. The third-order valence-corrected chi connectivity index (χ3v) is 5.56. The minimum atomic E-state index is -0.296. The zero-order chi connectivity index (χ0) is 20.1. The van der Waals surface area contributed by atoms with E-state index >= 15 is 0 Å². The Kier molecular flexibility index (Phi) is 6.46. The fourth-order valence-electron chi connectivity index (χ4n) is 2.83. The summed E-state index contributed by atoms with van der Waals surface area (Å²) in [6.45, 7) is 4.09. The predicted octanol–water partition coefficient (Wildman–Crippen LogP) is 4.15. The summed E-state index contributed by atoms with van der Waals surface area (Å²) in [4.78, 5) is 12.3. The van der Waals surface area contributed by atoms with Crippen molar-refractivity contribution in [2.45, 2.75) is 31.5 Å². The number of rotatable bonds is 7. The Morgan fingerprint density at radius 3 is 2.46 bits per heavy atom. The summed E-state index contributed by atoms with van der Waals surface area (Å²) < 4.78 is 14.9. The Bertz CT molecular complexity index is 938. The molecule has 1 aromatic heterocycles. The van der Waals surface area contributed by atoms with Gasteiger partial charge in [0.15, 0.2) is 11.0 Å². The van der Waals surface area contributed by atoms with Crippen LogP contribution in [0.5, 0.6) is 0 Å². The number of thioether (sulfide) groups is 1. The third-order valence-electron chi connectivity index (χ3n) is 4.54. The van der Waals surface area contributed by atoms with Gasteiger partial charge in [0.25, 0.3) is 0 Å². The molecule has 0 saturated carbocycles. The van der Waals surface area contributed by atoms with Crippen molar-refractivity contribution in [3.05, 3.63) is 65.5 Å². The minimum Gasteiger partial charge on any atom is -0.349 e. The van der Waals surface area contributed by atoms with Crippen LogP contribution in [-0.2, 0) is 18.3 Å². The summed E-state index contributed by atoms with van der Waals surface area (Å²) in [6.07, 6.45) is 0.995. The number of carbonyl (C=O) groups is 1. The van der Waals surface area contributed by atoms with E-state index in [4.69, 9.17) is 0 Å². The summed E-state index contributed by atoms with van der Waals surface area (Å²) in [5.41, 5.74) is 3.13. The number of nitrogens with one attached hydrogen (secondary N) is 1. The molecule has 0 aliphatic carbocycles. The van der Waals surface area contributed by atoms with Gasteiger partial charge in [-0.15, -0.1) is 10.2 Å². The molecule has 1 heterocycles. The highest BCUT2D eigenvalue weighted by atomic mass is 32.2. The molecule has 0 saturated heterocycles. The van der Waals surface area contributed by atoms with Gasteiger partial charge < -0.3 is 9.88 Å². The van der Waals surface area contributed by atoms with Crippen LogP contribution >= 0.6 is 11.8 Å². The second kappa shape index (κ2) is 9.01. The third kappa shape index (κ3) is 4.78. The number of nitrogens with zero attached hydrogens (tertiary/aromatic N) is 3. The first kappa shape index (κ1) is 20.1. The van der Waals surface area contributed by atoms with Crippen LogP contribution in [0.4, 0.5) is 4.39 Å². The second-order valence-corrected chi connectivity index (χ2v) is 7.49. The molecule has 0 fully saturated rings. The Morgan fingerprint density at radius 2 is 1.82 bits per heavy atom. The average Bonchev–Trinajstić information content (AvgIpc) is 3.07. The number of hydrogen-bond donors (Lipinski definition) is 1. The Labute approximate surface area is 168 Å². The van der Waals surface area contributed by atoms with Crippen molar-refractivity contribution in [2.24, 2.45) is 7.05 Å². The van der Waals surface area contributed by atoms with Crippen molar-refractivity contribution < 1.29 is 9.18 Å². The zero-order valence-electron chi connectivity index (χ0n) is 16.1. The van der Waals surface area contributed by atoms with Gasteiger partial charge >= 0.3 is 0 Å². The van der Waals surface area contributed by atoms with Gasteiger partial charge in [0, 0.05) is 12.6 Å². The van der Waals surface area contributed by atoms with E-state index < -0.39 is 0 Å². The van der Waals surface area contributed by atoms with E-state index in [0.717, 1.165) is 17.5 Å². The maximum Gasteiger partial charge on any atom is 0.230 e. The highest BCUT2D eigenvalue weighted by Gasteiger charge is 2.14. The van der Waals surface area contributed by atoms with Crippen molar-refractivity contribution >= 4 is 17.7 Å². The molecule has 0 unspecified atom stereocenters. The lowest BCUT2D eigenvalue weighted by atomic mass is 10.1. The standard InChI is InChI=1S/C21H23FN4OS/c1-4-15-5-7-16(8-6-15)14(2)23-19(27)13-28-21-25-24-20(26(21)3)17-9-11-18(22)12-10-17/h5-12,14H,4,13H2,1-3H3,(H,23,27)/t14-/m1/s1. The van der Waals surface area contributed by atoms with Gasteiger partial charge in [-0.2, -0.15) is 0 Å². The smallest absolute Gasteiger partial charge is 0.230 e. The van der Waals surface area contributed by atoms with Crippen LogP contribution in [0.1, 0.15) is 31.0 Å². The molecule has 1 atom stereocenters. The monoisotopic (exact) mass is 398 g/mol. The van der Waals surface area contributed by atoms with Gasteiger partial charge in [-0.05, 0) is 48.7 Å². The van der Waals surface area contributed by atoms with Gasteiger partial charge in [-0.1, -0.05) is 43.0 Å². The number of aryl methyl sites for hydroxylation is 1. The van der Waals surface area contributed by atoms with Gasteiger partial charge in [0.2, 0.25) is 5.91 Å². The molecule has 3 rings (SSSR count). The first-order valence-electron chi connectivity index (χ1n) is 9.14. The minimum absolute atomic E-state index is 0.0618. The molecular weight excluding hydrogens is 375 g/mol. The van der Waals surface area contributed by atoms with Crippen molar-refractivity contribution in [2.75, 3.05) is 5.75 Å². The first-order chi connectivity index (χ1) is 13.5. The highest BCUT2D eigenvalue weighted by molar-refractivity contribution is 7.99. The van der Waals surface area contributed by atoms with Gasteiger partial charge in [-0.3, -0.25) is 4.79 Å². The van der Waals surface area contributed by atoms with E-state index in [1.807, 2.05) is 14.0 Å². The maximum atomic E-state index is 13.1. The van der Waals surface area contributed by atoms with E-state index in [1.165, 1.54) is 29.5 Å². The molecule has 2 aromatic carbocycles. The van der Waals surface area contributed by atoms with Gasteiger partial charge in [0.1, 0.15) is 5.82 Å². The van der Waals surface area contributed by atoms with E-state index in [1.54, 1.807) is 16.7 Å². The molecule has 0 bridgehead atoms. The lowest BCUT2D eigenvalue weighted by molar-refractivity contribution is -0.119. The van der Waals surface area contributed by atoms with E-state index in [0.29, 0.717) is 11.0 Å². The van der Waals surface area contributed by atoms with E-state index in [-0.39, 0.29) is 23.5 Å². The number of aromatic nitrogens is 3. The average molecular weight is 399 g/mol. The highest BCUT2D eigenvalue weighted by Crippen LogP contribution is 2.23. The van der Waals surface area contributed by atoms with E-state index in [9.17, 15) is 9.18 Å². The summed E-state index contributed by atoms with van der Waals surface area (Å²) >= 11 is 1.32. The van der Waals surface area contributed by atoms with Crippen LogP contribution in [-0.4, -0.2) is 26.4 Å². The lowest BCUT2D eigenvalue weighted by Crippen LogP contribution is -2.28. The molecule has 0 aliphatic rings. The lowest BCUT2D eigenvalue weighted by Gasteiger charge is -2.14. The number of hydrogen-bond acceptors (Lipinski definition) is 4. The van der Waals surface area contributed by atoms with Crippen molar-refractivity contribution in [1.29, 1.82) is 0 Å². The molecule has 146 valence electrons. The van der Waals surface area contributed by atoms with Crippen molar-refractivity contribution in [1.82, 2.24) is 20.1 Å². The Morgan fingerprint density at radius 1 is 1.14 bits per heavy atom. The molecule has 28 heavy (non-hydrogen) atoms. The fourth-order valence-corrected chi connectivity index (χ4v) is 3.55. The number of carbonyl (C=O) groups excluding carboxylic acids is 1. The van der Waals surface area contributed by atoms with Crippen molar-refractivity contribution in [3.8, 4) is 11.4 Å². The number of amides is 1. The topological polar surface area (TPSA) is 59.8 Å². The summed E-state index contributed by atoms with van der Waals surface area (Å²) in [7, 11) is 1.83. The van der Waals surface area contributed by atoms with Crippen LogP contribution in [0.25, 0.3) is 11.4 Å². The van der Waals surface area contributed by atoms with Crippen LogP contribution in [0.2, 0.25) is 0 Å². The summed E-state index contributed by atoms with van der Waals surface area (Å²) in [5, 5.41) is 11.9. The normalized spacial score (nSPS) is 12.0. The maximum absolute atomic E-state index is 13.1. The van der Waals surface area contributed by atoms with Gasteiger partial charge in [-0.25, -0.2) is 4.39 Å². The summed E-state index contributed by atoms with van der Waals surface area (Å²) in [5.74, 6) is 0.513. The Hall–Kier alpha value is -2.67. The largest absolute Gasteiger partial charge is 0.349 e. The molecule has 5 nitrogen and oxygen atoms in total. The number of halogens is 1. The molecule has 0 radical (unpaired) electrons. The van der Waals surface area contributed by atoms with Crippen LogP contribution < -0.4 is 5.32 Å².